The van der Waals surface area contributed by atoms with E-state index in [2.05, 4.69) is 27.4 Å². The Balaban J connectivity index is 1.56. The number of hydrogen-bond acceptors (Lipinski definition) is 6. The third-order valence-corrected chi connectivity index (χ3v) is 6.35. The summed E-state index contributed by atoms with van der Waals surface area (Å²) < 4.78 is 11.2. The fourth-order valence-corrected chi connectivity index (χ4v) is 4.53. The van der Waals surface area contributed by atoms with Crippen molar-refractivity contribution in [2.75, 3.05) is 26.8 Å². The molecule has 2 heterocycles. The molecule has 1 aromatic heterocycles. The summed E-state index contributed by atoms with van der Waals surface area (Å²) in [5, 5.41) is 4.28. The first-order chi connectivity index (χ1) is 15.7. The molecule has 1 N–H and O–H groups in total. The Morgan fingerprint density at radius 2 is 1.91 bits per heavy atom. The number of carbonyl (C=O) groups is 1. The second-order valence-corrected chi connectivity index (χ2v) is 8.40. The van der Waals surface area contributed by atoms with Gasteiger partial charge in [-0.3, -0.25) is 0 Å². The van der Waals surface area contributed by atoms with Gasteiger partial charge in [0, 0.05) is 11.5 Å². The third kappa shape index (κ3) is 5.07. The standard InChI is InChI=1S/C26H31N3O3/c1-18-24-21(9-8-19-6-4-3-5-7-19)28-17-29-22(24)16-23(31-2)25(18)26(30)32-15-12-20-10-13-27-14-11-20/h3-7,16-17,20,27H,8-15H2,1-2H3. The Hall–Kier alpha value is -2.99. The van der Waals surface area contributed by atoms with Gasteiger partial charge in [0.25, 0.3) is 0 Å². The summed E-state index contributed by atoms with van der Waals surface area (Å²) in [5.74, 6) is 0.768. The van der Waals surface area contributed by atoms with Crippen molar-refractivity contribution in [2.45, 2.75) is 39.0 Å². The van der Waals surface area contributed by atoms with Gasteiger partial charge in [-0.1, -0.05) is 30.3 Å². The Morgan fingerprint density at radius 1 is 1.12 bits per heavy atom. The normalized spacial score (nSPS) is 14.4. The summed E-state index contributed by atoms with van der Waals surface area (Å²) in [6.45, 7) is 4.45. The molecule has 0 spiro atoms. The lowest BCUT2D eigenvalue weighted by Crippen LogP contribution is -2.28. The highest BCUT2D eigenvalue weighted by atomic mass is 16.5. The highest BCUT2D eigenvalue weighted by Crippen LogP contribution is 2.32. The van der Waals surface area contributed by atoms with Crippen molar-refractivity contribution in [3.8, 4) is 5.75 Å². The maximum Gasteiger partial charge on any atom is 0.342 e. The monoisotopic (exact) mass is 433 g/mol. The van der Waals surface area contributed by atoms with Crippen LogP contribution in [0.1, 0.15) is 46.4 Å². The third-order valence-electron chi connectivity index (χ3n) is 6.35. The van der Waals surface area contributed by atoms with Gasteiger partial charge in [-0.25, -0.2) is 14.8 Å². The molecule has 1 aliphatic rings. The number of ether oxygens (including phenoxy) is 2. The van der Waals surface area contributed by atoms with E-state index in [1.807, 2.05) is 31.2 Å². The summed E-state index contributed by atoms with van der Waals surface area (Å²) in [6.07, 6.45) is 6.39. The van der Waals surface area contributed by atoms with E-state index in [0.29, 0.717) is 23.8 Å². The molecular formula is C26H31N3O3. The van der Waals surface area contributed by atoms with Gasteiger partial charge in [-0.2, -0.15) is 0 Å². The molecule has 168 valence electrons. The van der Waals surface area contributed by atoms with E-state index in [0.717, 1.165) is 67.4 Å². The molecule has 0 amide bonds. The van der Waals surface area contributed by atoms with Crippen LogP contribution < -0.4 is 10.1 Å². The van der Waals surface area contributed by atoms with E-state index in [1.165, 1.54) is 5.56 Å². The number of benzene rings is 2. The van der Waals surface area contributed by atoms with Crippen molar-refractivity contribution < 1.29 is 14.3 Å². The van der Waals surface area contributed by atoms with Gasteiger partial charge in [0.1, 0.15) is 17.6 Å². The molecular weight excluding hydrogens is 402 g/mol. The minimum atomic E-state index is -0.340. The predicted molar refractivity (Wildman–Crippen MR) is 125 cm³/mol. The molecule has 0 atom stereocenters. The number of rotatable bonds is 8. The van der Waals surface area contributed by atoms with Crippen LogP contribution in [0.5, 0.6) is 5.75 Å². The Kier molecular flexibility index (Phi) is 7.32. The fraction of sp³-hybridized carbons (Fsp3) is 0.423. The van der Waals surface area contributed by atoms with Crippen LogP contribution in [0.3, 0.4) is 0 Å². The Bertz CT molecular complexity index is 1060. The fourth-order valence-electron chi connectivity index (χ4n) is 4.53. The first-order valence-corrected chi connectivity index (χ1v) is 11.4. The van der Waals surface area contributed by atoms with Crippen molar-refractivity contribution in [3.05, 3.63) is 65.1 Å². The van der Waals surface area contributed by atoms with E-state index >= 15 is 0 Å². The molecule has 6 nitrogen and oxygen atoms in total. The Morgan fingerprint density at radius 3 is 2.66 bits per heavy atom. The molecule has 0 unspecified atom stereocenters. The van der Waals surface area contributed by atoms with Gasteiger partial charge in [-0.15, -0.1) is 0 Å². The molecule has 4 rings (SSSR count). The SMILES string of the molecule is COc1cc2ncnc(CCc3ccccc3)c2c(C)c1C(=O)OCCC1CCNCC1. The van der Waals surface area contributed by atoms with Crippen LogP contribution in [0, 0.1) is 12.8 Å². The van der Waals surface area contributed by atoms with Crippen molar-refractivity contribution in [3.63, 3.8) is 0 Å². The minimum Gasteiger partial charge on any atom is -0.496 e. The number of methoxy groups -OCH3 is 1. The molecule has 3 aromatic rings. The van der Waals surface area contributed by atoms with Crippen LogP contribution in [0.25, 0.3) is 10.9 Å². The second kappa shape index (κ2) is 10.6. The summed E-state index contributed by atoms with van der Waals surface area (Å²) in [7, 11) is 1.57. The first-order valence-electron chi connectivity index (χ1n) is 11.4. The summed E-state index contributed by atoms with van der Waals surface area (Å²) in [4.78, 5) is 22.1. The second-order valence-electron chi connectivity index (χ2n) is 8.40. The van der Waals surface area contributed by atoms with Gasteiger partial charge in [0.2, 0.25) is 0 Å². The van der Waals surface area contributed by atoms with Crippen LogP contribution in [0.2, 0.25) is 0 Å². The lowest BCUT2D eigenvalue weighted by Gasteiger charge is -2.22. The van der Waals surface area contributed by atoms with Crippen LogP contribution >= 0.6 is 0 Å². The minimum absolute atomic E-state index is 0.340. The Labute approximate surface area is 189 Å². The quantitative estimate of drug-likeness (QED) is 0.535. The van der Waals surface area contributed by atoms with Crippen LogP contribution in [0.15, 0.2) is 42.7 Å². The molecule has 1 aliphatic heterocycles. The lowest BCUT2D eigenvalue weighted by atomic mass is 9.95. The zero-order valence-corrected chi connectivity index (χ0v) is 18.9. The average molecular weight is 434 g/mol. The molecule has 6 heteroatoms. The van der Waals surface area contributed by atoms with Crippen molar-refractivity contribution in [1.82, 2.24) is 15.3 Å². The molecule has 32 heavy (non-hydrogen) atoms. The number of aryl methyl sites for hydroxylation is 3. The van der Waals surface area contributed by atoms with Crippen LogP contribution in [0.4, 0.5) is 0 Å². The van der Waals surface area contributed by atoms with Crippen molar-refractivity contribution in [1.29, 1.82) is 0 Å². The van der Waals surface area contributed by atoms with Gasteiger partial charge < -0.3 is 14.8 Å². The molecule has 2 aromatic carbocycles. The van der Waals surface area contributed by atoms with Crippen LogP contribution in [-0.4, -0.2) is 42.7 Å². The van der Waals surface area contributed by atoms with Gasteiger partial charge >= 0.3 is 5.97 Å². The number of hydrogen-bond donors (Lipinski definition) is 1. The molecule has 0 bridgehead atoms. The molecule has 1 fully saturated rings. The topological polar surface area (TPSA) is 73.3 Å². The average Bonchev–Trinajstić information content (AvgIpc) is 2.83. The first kappa shape index (κ1) is 22.2. The molecule has 0 radical (unpaired) electrons. The maximum atomic E-state index is 13.1. The van der Waals surface area contributed by atoms with E-state index in [4.69, 9.17) is 9.47 Å². The lowest BCUT2D eigenvalue weighted by molar-refractivity contribution is 0.0472. The number of aromatic nitrogens is 2. The molecule has 1 saturated heterocycles. The zero-order chi connectivity index (χ0) is 22.3. The smallest absolute Gasteiger partial charge is 0.342 e. The highest BCUT2D eigenvalue weighted by Gasteiger charge is 2.22. The van der Waals surface area contributed by atoms with Crippen LogP contribution in [-0.2, 0) is 17.6 Å². The number of piperidine rings is 1. The maximum absolute atomic E-state index is 13.1. The molecule has 0 saturated carbocycles. The van der Waals surface area contributed by atoms with E-state index in [9.17, 15) is 4.79 Å². The summed E-state index contributed by atoms with van der Waals surface area (Å²) in [5.41, 5.74) is 4.25. The van der Waals surface area contributed by atoms with Crippen molar-refractivity contribution in [2.24, 2.45) is 5.92 Å². The van der Waals surface area contributed by atoms with Gasteiger partial charge in [0.15, 0.2) is 0 Å². The number of carbonyl (C=O) groups excluding carboxylic acids is 1. The predicted octanol–water partition coefficient (Wildman–Crippen LogP) is 4.28. The number of fused-ring (bicyclic) bond motifs is 1. The van der Waals surface area contributed by atoms with E-state index < -0.39 is 0 Å². The summed E-state index contributed by atoms with van der Waals surface area (Å²) >= 11 is 0. The van der Waals surface area contributed by atoms with E-state index in [1.54, 1.807) is 13.4 Å². The van der Waals surface area contributed by atoms with E-state index in [-0.39, 0.29) is 5.97 Å². The summed E-state index contributed by atoms with van der Waals surface area (Å²) in [6, 6.07) is 12.2. The number of esters is 1. The molecule has 0 aliphatic carbocycles. The van der Waals surface area contributed by atoms with Gasteiger partial charge in [0.05, 0.1) is 24.9 Å². The van der Waals surface area contributed by atoms with Crippen molar-refractivity contribution >= 4 is 16.9 Å². The number of nitrogens with one attached hydrogen (secondary N) is 1. The largest absolute Gasteiger partial charge is 0.496 e. The zero-order valence-electron chi connectivity index (χ0n) is 18.9. The van der Waals surface area contributed by atoms with Gasteiger partial charge in [-0.05, 0) is 69.2 Å². The number of nitrogens with zero attached hydrogens (tertiary/aromatic N) is 2. The highest BCUT2D eigenvalue weighted by molar-refractivity contribution is 6.01.